The van der Waals surface area contributed by atoms with E-state index in [0.717, 1.165) is 12.8 Å². The molecule has 0 aromatic carbocycles. The van der Waals surface area contributed by atoms with Gasteiger partial charge in [0.05, 0.1) is 0 Å². The van der Waals surface area contributed by atoms with Crippen molar-refractivity contribution in [3.63, 3.8) is 0 Å². The molecule has 0 aliphatic rings. The van der Waals surface area contributed by atoms with E-state index in [0.29, 0.717) is 6.42 Å². The summed E-state index contributed by atoms with van der Waals surface area (Å²) in [5.41, 5.74) is 0. The first kappa shape index (κ1) is 14.6. The van der Waals surface area contributed by atoms with E-state index in [1.807, 2.05) is 0 Å². The third kappa shape index (κ3) is 11.5. The summed E-state index contributed by atoms with van der Waals surface area (Å²) < 4.78 is 2.32. The predicted octanol–water partition coefficient (Wildman–Crippen LogP) is 3.64. The molecule has 0 heterocycles. The van der Waals surface area contributed by atoms with E-state index in [1.54, 1.807) is 0 Å². The van der Waals surface area contributed by atoms with Crippen LogP contribution in [0.3, 0.4) is 0 Å². The highest BCUT2D eigenvalue weighted by atomic mass is 32.1. The Morgan fingerprint density at radius 1 is 1.13 bits per heavy atom. The Morgan fingerprint density at radius 3 is 2.40 bits per heavy atom. The zero-order valence-corrected chi connectivity index (χ0v) is 10.6. The second-order valence-corrected chi connectivity index (χ2v) is 3.97. The number of amides is 1. The lowest BCUT2D eigenvalue weighted by molar-refractivity contribution is -0.119. The van der Waals surface area contributed by atoms with Crippen LogP contribution in [0.1, 0.15) is 58.3 Å². The normalized spacial score (nSPS) is 10.8. The van der Waals surface area contributed by atoms with Crippen molar-refractivity contribution < 1.29 is 4.79 Å². The van der Waals surface area contributed by atoms with Crippen LogP contribution in [0.4, 0.5) is 0 Å². The fourth-order valence-electron chi connectivity index (χ4n) is 1.36. The summed E-state index contributed by atoms with van der Waals surface area (Å²) in [5.74, 6) is 0.00896. The second kappa shape index (κ2) is 11.6. The minimum atomic E-state index is 0.00896. The Balaban J connectivity index is 3.14. The summed E-state index contributed by atoms with van der Waals surface area (Å²) in [6.45, 7) is 2.22. The van der Waals surface area contributed by atoms with Crippen LogP contribution in [0.25, 0.3) is 0 Å². The Morgan fingerprint density at radius 2 is 1.80 bits per heavy atom. The Hall–Kier alpha value is -0.440. The first-order valence-corrected chi connectivity index (χ1v) is 6.34. The molecular weight excluding hydrogens is 206 g/mol. The number of allylic oxidation sites excluding steroid dienone is 2. The molecule has 0 fully saturated rings. The predicted molar refractivity (Wildman–Crippen MR) is 68.9 cm³/mol. The molecule has 0 bridgehead atoms. The van der Waals surface area contributed by atoms with Crippen LogP contribution in [0.2, 0.25) is 0 Å². The molecule has 0 aromatic heterocycles. The summed E-state index contributed by atoms with van der Waals surface area (Å²) in [6.07, 6.45) is 13.3. The number of nitrogens with one attached hydrogen (secondary N) is 1. The highest BCUT2D eigenvalue weighted by Crippen LogP contribution is 2.04. The van der Waals surface area contributed by atoms with Crippen LogP contribution < -0.4 is 4.72 Å². The SMILES string of the molecule is CCCCCC/C=C\CCCC(=O)NS. The van der Waals surface area contributed by atoms with Gasteiger partial charge in [-0.3, -0.25) is 4.79 Å². The largest absolute Gasteiger partial charge is 0.303 e. The summed E-state index contributed by atoms with van der Waals surface area (Å²) in [6, 6.07) is 0. The van der Waals surface area contributed by atoms with Crippen LogP contribution in [0.15, 0.2) is 12.2 Å². The van der Waals surface area contributed by atoms with Gasteiger partial charge in [-0.2, -0.15) is 0 Å². The first-order chi connectivity index (χ1) is 7.31. The molecule has 0 aromatic rings. The minimum absolute atomic E-state index is 0.00896. The van der Waals surface area contributed by atoms with Gasteiger partial charge in [-0.15, -0.1) is 0 Å². The van der Waals surface area contributed by atoms with Crippen molar-refractivity contribution in [3.05, 3.63) is 12.2 Å². The van der Waals surface area contributed by atoms with E-state index in [4.69, 9.17) is 0 Å². The zero-order chi connectivity index (χ0) is 11.4. The second-order valence-electron chi connectivity index (χ2n) is 3.75. The molecule has 0 saturated carbocycles. The van der Waals surface area contributed by atoms with Crippen molar-refractivity contribution in [2.75, 3.05) is 0 Å². The highest BCUT2D eigenvalue weighted by molar-refractivity contribution is 7.78. The van der Waals surface area contributed by atoms with Crippen molar-refractivity contribution >= 4 is 18.7 Å². The molecule has 0 radical (unpaired) electrons. The van der Waals surface area contributed by atoms with Crippen LogP contribution in [-0.2, 0) is 4.79 Å². The van der Waals surface area contributed by atoms with Gasteiger partial charge in [0.1, 0.15) is 0 Å². The third-order valence-electron chi connectivity index (χ3n) is 2.29. The smallest absolute Gasteiger partial charge is 0.229 e. The molecule has 3 heteroatoms. The fraction of sp³-hybridized carbons (Fsp3) is 0.750. The maximum Gasteiger partial charge on any atom is 0.229 e. The van der Waals surface area contributed by atoms with Crippen molar-refractivity contribution in [3.8, 4) is 0 Å². The number of thiol groups is 1. The molecule has 0 unspecified atom stereocenters. The third-order valence-corrected chi connectivity index (χ3v) is 2.54. The quantitative estimate of drug-likeness (QED) is 0.353. The number of hydrogen-bond acceptors (Lipinski definition) is 2. The van der Waals surface area contributed by atoms with Gasteiger partial charge in [0.25, 0.3) is 0 Å². The molecule has 15 heavy (non-hydrogen) atoms. The van der Waals surface area contributed by atoms with E-state index in [2.05, 4.69) is 36.6 Å². The first-order valence-electron chi connectivity index (χ1n) is 5.89. The molecular formula is C12H23NOS. The molecule has 2 nitrogen and oxygen atoms in total. The van der Waals surface area contributed by atoms with Crippen LogP contribution in [-0.4, -0.2) is 5.91 Å². The highest BCUT2D eigenvalue weighted by Gasteiger charge is 1.94. The summed E-state index contributed by atoms with van der Waals surface area (Å²) >= 11 is 3.69. The standard InChI is InChI=1S/C12H23NOS/c1-2-3-4-5-6-7-8-9-10-11-12(14)13-15/h7-8,15H,2-6,9-11H2,1H3,(H,13,14)/b8-7-. The van der Waals surface area contributed by atoms with Crippen molar-refractivity contribution in [2.24, 2.45) is 0 Å². The lowest BCUT2D eigenvalue weighted by Gasteiger charge is -1.96. The summed E-state index contributed by atoms with van der Waals surface area (Å²) in [5, 5.41) is 0. The Labute approximate surface area is 99.1 Å². The van der Waals surface area contributed by atoms with Gasteiger partial charge in [-0.05, 0) is 25.7 Å². The van der Waals surface area contributed by atoms with Gasteiger partial charge >= 0.3 is 0 Å². The van der Waals surface area contributed by atoms with E-state index >= 15 is 0 Å². The Kier molecular flexibility index (Phi) is 11.3. The maximum atomic E-state index is 10.8. The van der Waals surface area contributed by atoms with Gasteiger partial charge in [0.15, 0.2) is 0 Å². The molecule has 88 valence electrons. The van der Waals surface area contributed by atoms with Crippen LogP contribution >= 0.6 is 12.8 Å². The molecule has 1 N–H and O–H groups in total. The topological polar surface area (TPSA) is 29.1 Å². The Bertz CT molecular complexity index is 180. The number of carbonyl (C=O) groups is 1. The van der Waals surface area contributed by atoms with Gasteiger partial charge < -0.3 is 4.72 Å². The maximum absolute atomic E-state index is 10.8. The summed E-state index contributed by atoms with van der Waals surface area (Å²) in [7, 11) is 0. The molecule has 0 aliphatic heterocycles. The molecule has 0 spiro atoms. The van der Waals surface area contributed by atoms with E-state index in [1.165, 1.54) is 32.1 Å². The number of rotatable bonds is 9. The molecule has 0 atom stereocenters. The van der Waals surface area contributed by atoms with Crippen molar-refractivity contribution in [2.45, 2.75) is 58.3 Å². The van der Waals surface area contributed by atoms with E-state index in [-0.39, 0.29) is 5.91 Å². The van der Waals surface area contributed by atoms with E-state index in [9.17, 15) is 4.79 Å². The van der Waals surface area contributed by atoms with Gasteiger partial charge in [0.2, 0.25) is 5.91 Å². The molecule has 0 aliphatic carbocycles. The zero-order valence-electron chi connectivity index (χ0n) is 9.67. The molecule has 0 saturated heterocycles. The van der Waals surface area contributed by atoms with Crippen molar-refractivity contribution in [1.82, 2.24) is 4.72 Å². The molecule has 1 amide bonds. The minimum Gasteiger partial charge on any atom is -0.303 e. The fourth-order valence-corrected chi connectivity index (χ4v) is 1.47. The van der Waals surface area contributed by atoms with Gasteiger partial charge in [-0.25, -0.2) is 0 Å². The van der Waals surface area contributed by atoms with E-state index < -0.39 is 0 Å². The summed E-state index contributed by atoms with van der Waals surface area (Å²) in [4.78, 5) is 10.8. The van der Waals surface area contributed by atoms with Gasteiger partial charge in [-0.1, -0.05) is 51.2 Å². The number of carbonyl (C=O) groups excluding carboxylic acids is 1. The lowest BCUT2D eigenvalue weighted by Crippen LogP contribution is -2.11. The van der Waals surface area contributed by atoms with Gasteiger partial charge in [0, 0.05) is 6.42 Å². The number of hydrogen-bond donors (Lipinski definition) is 2. The van der Waals surface area contributed by atoms with Crippen molar-refractivity contribution in [1.29, 1.82) is 0 Å². The van der Waals surface area contributed by atoms with Crippen LogP contribution in [0, 0.1) is 0 Å². The average molecular weight is 229 g/mol. The lowest BCUT2D eigenvalue weighted by atomic mass is 10.1. The molecule has 0 rings (SSSR count). The average Bonchev–Trinajstić information content (AvgIpc) is 2.26. The monoisotopic (exact) mass is 229 g/mol. The number of unbranched alkanes of at least 4 members (excludes halogenated alkanes) is 5. The van der Waals surface area contributed by atoms with Crippen LogP contribution in [0.5, 0.6) is 0 Å².